The van der Waals surface area contributed by atoms with Crippen molar-refractivity contribution in [2.24, 2.45) is 0 Å². The zero-order valence-corrected chi connectivity index (χ0v) is 20.0. The van der Waals surface area contributed by atoms with E-state index < -0.39 is 55.3 Å². The van der Waals surface area contributed by atoms with E-state index in [2.05, 4.69) is 5.32 Å². The highest BCUT2D eigenvalue weighted by Crippen LogP contribution is 2.43. The molecule has 0 radical (unpaired) electrons. The molecule has 1 aliphatic rings. The van der Waals surface area contributed by atoms with Crippen molar-refractivity contribution in [3.8, 4) is 11.5 Å². The predicted octanol–water partition coefficient (Wildman–Crippen LogP) is 5.74. The topological polar surface area (TPSA) is 50.8 Å². The van der Waals surface area contributed by atoms with Crippen molar-refractivity contribution in [3.63, 3.8) is 0 Å². The zero-order valence-electron chi connectivity index (χ0n) is 28.0. The number of nitrogens with zero attached hydrogens (tertiary/aromatic N) is 1. The van der Waals surface area contributed by atoms with Crippen molar-refractivity contribution >= 4 is 5.91 Å². The lowest BCUT2D eigenvalue weighted by Gasteiger charge is -2.42. The maximum absolute atomic E-state index is 13.5. The van der Waals surface area contributed by atoms with Gasteiger partial charge < -0.3 is 14.8 Å². The number of carbonyl (C=O) groups excluding carboxylic acids is 1. The summed E-state index contributed by atoms with van der Waals surface area (Å²) in [5.74, 6) is -1.65. The Morgan fingerprint density at radius 2 is 1.81 bits per heavy atom. The van der Waals surface area contributed by atoms with Gasteiger partial charge in [-0.1, -0.05) is 42.5 Å². The minimum absolute atomic E-state index is 0.0270. The Bertz CT molecular complexity index is 1520. The van der Waals surface area contributed by atoms with E-state index in [1.165, 1.54) is 36.2 Å². The Hall–Kier alpha value is -3.52. The highest BCUT2D eigenvalue weighted by atomic mass is 19.4. The summed E-state index contributed by atoms with van der Waals surface area (Å²) in [6, 6.07) is 10.8. The van der Waals surface area contributed by atoms with Gasteiger partial charge in [0, 0.05) is 19.6 Å². The average Bonchev–Trinajstić information content (AvgIpc) is 2.95. The Kier molecular flexibility index (Phi) is 5.43. The third-order valence-electron chi connectivity index (χ3n) is 6.32. The van der Waals surface area contributed by atoms with Gasteiger partial charge in [-0.3, -0.25) is 9.69 Å². The van der Waals surface area contributed by atoms with Gasteiger partial charge in [0.05, 0.1) is 30.6 Å². The van der Waals surface area contributed by atoms with Crippen molar-refractivity contribution < 1.29 is 38.4 Å². The number of fused-ring (bicyclic) bond motifs is 1. The van der Waals surface area contributed by atoms with Crippen LogP contribution in [0, 0.1) is 0 Å². The highest BCUT2D eigenvalue weighted by molar-refractivity contribution is 5.83. The van der Waals surface area contributed by atoms with Crippen LogP contribution >= 0.6 is 0 Å². The van der Waals surface area contributed by atoms with Crippen LogP contribution in [-0.2, 0) is 23.8 Å². The van der Waals surface area contributed by atoms with E-state index in [-0.39, 0.29) is 36.9 Å². The van der Waals surface area contributed by atoms with Crippen LogP contribution < -0.4 is 14.8 Å². The molecule has 0 aliphatic carbocycles. The average molecular weight is 521 g/mol. The zero-order chi connectivity index (χ0) is 33.4. The Balaban J connectivity index is 1.91. The van der Waals surface area contributed by atoms with E-state index >= 15 is 0 Å². The first-order valence-electron chi connectivity index (χ1n) is 15.5. The first kappa shape index (κ1) is 17.9. The number of hydrogen-bond acceptors (Lipinski definition) is 4. The van der Waals surface area contributed by atoms with Gasteiger partial charge in [-0.25, -0.2) is 0 Å². The predicted molar refractivity (Wildman–Crippen MR) is 136 cm³/mol. The minimum atomic E-state index is -4.55. The maximum Gasteiger partial charge on any atom is 0.416 e. The number of alkyl halides is 3. The summed E-state index contributed by atoms with van der Waals surface area (Å²) in [6.45, 7) is -0.0536. The second kappa shape index (κ2) is 11.3. The summed E-state index contributed by atoms with van der Waals surface area (Å²) in [5, 5.41) is 2.50. The first-order valence-corrected chi connectivity index (χ1v) is 11.5. The summed E-state index contributed by atoms with van der Waals surface area (Å²) < 4.78 is 115. The monoisotopic (exact) mass is 520 g/mol. The Labute approximate surface area is 226 Å². The number of likely N-dealkylation sites (N-methyl/N-ethyl adjacent to an activating group) is 1. The number of halogens is 3. The van der Waals surface area contributed by atoms with Crippen LogP contribution in [0.2, 0.25) is 0 Å². The number of amides is 1. The van der Waals surface area contributed by atoms with Gasteiger partial charge >= 0.3 is 6.18 Å². The fraction of sp³-hybridized carbons (Fsp3) is 0.345. The second-order valence-electron chi connectivity index (χ2n) is 8.50. The largest absolute Gasteiger partial charge is 0.493 e. The maximum atomic E-state index is 13.5. The molecule has 5 nitrogen and oxygen atoms in total. The molecule has 1 amide bonds. The van der Waals surface area contributed by atoms with E-state index in [1.807, 2.05) is 0 Å². The molecule has 0 spiro atoms. The number of methoxy groups -OCH3 is 2. The summed E-state index contributed by atoms with van der Waals surface area (Å²) in [7, 11) is -4.65. The molecule has 4 rings (SSSR count). The van der Waals surface area contributed by atoms with Crippen LogP contribution in [0.4, 0.5) is 13.2 Å². The lowest BCUT2D eigenvalue weighted by atomic mass is 9.86. The molecule has 1 aliphatic heterocycles. The van der Waals surface area contributed by atoms with Gasteiger partial charge in [0.1, 0.15) is 6.02 Å². The normalized spacial score (nSPS) is 23.2. The number of hydrogen-bond donors (Lipinski definition) is 1. The first-order chi connectivity index (χ1) is 20.8. The second-order valence-corrected chi connectivity index (χ2v) is 8.50. The van der Waals surface area contributed by atoms with Gasteiger partial charge in [0.15, 0.2) is 11.5 Å². The molecule has 37 heavy (non-hydrogen) atoms. The van der Waals surface area contributed by atoms with Crippen molar-refractivity contribution in [2.45, 2.75) is 37.5 Å². The van der Waals surface area contributed by atoms with Gasteiger partial charge in [-0.05, 0) is 65.8 Å². The summed E-state index contributed by atoms with van der Waals surface area (Å²) in [4.78, 5) is 14.8. The Morgan fingerprint density at radius 3 is 2.43 bits per heavy atom. The van der Waals surface area contributed by atoms with Gasteiger partial charge in [-0.15, -0.1) is 0 Å². The summed E-state index contributed by atoms with van der Waals surface area (Å²) >= 11 is 0. The minimum Gasteiger partial charge on any atom is -0.493 e. The standard InChI is InChI=1S/C29H31F3N2O3/c1-33-28(35)27(20-7-5-4-6-8-20)34-16-15-21-17-25(36-2)26(37-3)18-23(21)24(34)14-11-19-9-12-22(13-10-19)29(30,31)32/h4-10,12-13,17-18,24,27H,11,14-16H2,1-3H3,(H,33,35)/t24-,27+/m0/s1/i2D3,3D3,24D,27D. The summed E-state index contributed by atoms with van der Waals surface area (Å²) in [5.41, 5.74) is 0.338. The van der Waals surface area contributed by atoms with E-state index in [1.54, 1.807) is 30.3 Å². The fourth-order valence-electron chi connectivity index (χ4n) is 4.51. The molecule has 2 atom stereocenters. The Morgan fingerprint density at radius 1 is 1.14 bits per heavy atom. The van der Waals surface area contributed by atoms with Gasteiger partial charge in [0.25, 0.3) is 0 Å². The molecule has 196 valence electrons. The molecule has 0 saturated carbocycles. The lowest BCUT2D eigenvalue weighted by molar-refractivity contribution is -0.137. The van der Waals surface area contributed by atoms with Crippen molar-refractivity contribution in [3.05, 3.63) is 94.5 Å². The van der Waals surface area contributed by atoms with Crippen LogP contribution in [-0.4, -0.2) is 38.5 Å². The van der Waals surface area contributed by atoms with Crippen LogP contribution in [0.1, 0.15) is 57.2 Å². The van der Waals surface area contributed by atoms with Crippen molar-refractivity contribution in [2.75, 3.05) is 27.7 Å². The highest BCUT2D eigenvalue weighted by Gasteiger charge is 2.37. The van der Waals surface area contributed by atoms with Crippen LogP contribution in [0.3, 0.4) is 0 Å². The number of nitrogens with one attached hydrogen (secondary N) is 1. The van der Waals surface area contributed by atoms with E-state index in [0.29, 0.717) is 11.1 Å². The number of aryl methyl sites for hydroxylation is 1. The number of rotatable bonds is 8. The summed E-state index contributed by atoms with van der Waals surface area (Å²) in [6.07, 6.45) is -4.58. The fourth-order valence-corrected chi connectivity index (χ4v) is 4.51. The molecule has 8 heteroatoms. The van der Waals surface area contributed by atoms with Crippen molar-refractivity contribution in [1.82, 2.24) is 10.2 Å². The molecule has 3 aromatic carbocycles. The number of ether oxygens (including phenoxy) is 2. The molecule has 1 N–H and O–H groups in total. The van der Waals surface area contributed by atoms with Gasteiger partial charge in [-0.2, -0.15) is 13.2 Å². The van der Waals surface area contributed by atoms with Crippen LogP contribution in [0.25, 0.3) is 0 Å². The quantitative estimate of drug-likeness (QED) is 0.412. The molecule has 0 saturated heterocycles. The molecule has 0 aromatic heterocycles. The molecular weight excluding hydrogens is 481 g/mol. The SMILES string of the molecule is [2H]C([2H])([2H])Oc1cc2c(cc1OC([2H])([2H])[2H])[C@]([2H])(CCc1ccc(C(F)(F)F)cc1)N([C@@]([2H])(C(=O)NC)c1ccccc1)CC2. The third-order valence-corrected chi connectivity index (χ3v) is 6.32. The smallest absolute Gasteiger partial charge is 0.416 e. The van der Waals surface area contributed by atoms with E-state index in [0.717, 1.165) is 12.1 Å². The molecule has 1 heterocycles. The molecule has 0 fully saturated rings. The van der Waals surface area contributed by atoms with Gasteiger partial charge in [0.2, 0.25) is 5.91 Å². The van der Waals surface area contributed by atoms with Crippen molar-refractivity contribution in [1.29, 1.82) is 0 Å². The van der Waals surface area contributed by atoms with E-state index in [9.17, 15) is 20.7 Å². The molecule has 0 bridgehead atoms. The molecular formula is C29H31F3N2O3. The number of carbonyl (C=O) groups is 1. The van der Waals surface area contributed by atoms with E-state index in [4.69, 9.17) is 17.7 Å². The molecule has 3 aromatic rings. The molecule has 0 unspecified atom stereocenters. The van der Waals surface area contributed by atoms with Crippen LogP contribution in [0.15, 0.2) is 66.7 Å². The van der Waals surface area contributed by atoms with Crippen LogP contribution in [0.5, 0.6) is 11.5 Å². The third kappa shape index (κ3) is 5.74. The lowest BCUT2D eigenvalue weighted by Crippen LogP contribution is -2.44. The number of benzene rings is 3.